The molecule has 1 atom stereocenters. The van der Waals surface area contributed by atoms with Crippen LogP contribution in [0.15, 0.2) is 78.9 Å². The molecule has 8 nitrogen and oxygen atoms in total. The number of benzene rings is 3. The number of aromatic hydroxyl groups is 1. The molecule has 44 heavy (non-hydrogen) atoms. The molecule has 224 valence electrons. The minimum Gasteiger partial charge on any atom is -0.507 e. The molecule has 1 aliphatic rings. The van der Waals surface area contributed by atoms with Crippen LogP contribution < -0.4 is 11.1 Å². The predicted octanol–water partition coefficient (Wildman–Crippen LogP) is 6.22. The molecule has 0 radical (unpaired) electrons. The van der Waals surface area contributed by atoms with Crippen LogP contribution in [0.3, 0.4) is 0 Å². The number of hydrogen-bond acceptors (Lipinski definition) is 6. The molecule has 4 aromatic rings. The Kier molecular flexibility index (Phi) is 8.64. The van der Waals surface area contributed by atoms with Gasteiger partial charge in [0.1, 0.15) is 17.4 Å². The summed E-state index contributed by atoms with van der Waals surface area (Å²) in [6.45, 7) is 0.932. The highest BCUT2D eigenvalue weighted by atomic mass is 19.4. The van der Waals surface area contributed by atoms with Gasteiger partial charge in [0, 0.05) is 41.4 Å². The quantitative estimate of drug-likeness (QED) is 0.241. The van der Waals surface area contributed by atoms with Gasteiger partial charge in [-0.2, -0.15) is 18.4 Å². The van der Waals surface area contributed by atoms with E-state index in [1.54, 1.807) is 53.4 Å². The van der Waals surface area contributed by atoms with Crippen molar-refractivity contribution in [2.45, 2.75) is 31.5 Å². The van der Waals surface area contributed by atoms with Gasteiger partial charge in [0.2, 0.25) is 0 Å². The predicted molar refractivity (Wildman–Crippen MR) is 159 cm³/mol. The topological polar surface area (TPSA) is 132 Å². The van der Waals surface area contributed by atoms with Crippen molar-refractivity contribution in [1.29, 1.82) is 5.26 Å². The first-order chi connectivity index (χ1) is 21.1. The summed E-state index contributed by atoms with van der Waals surface area (Å²) in [7, 11) is 0. The smallest absolute Gasteiger partial charge is 0.416 e. The lowest BCUT2D eigenvalue weighted by Crippen LogP contribution is -2.47. The van der Waals surface area contributed by atoms with Crippen molar-refractivity contribution < 1.29 is 27.9 Å². The summed E-state index contributed by atoms with van der Waals surface area (Å²) >= 11 is 0. The normalized spacial score (nSPS) is 15.0. The maximum Gasteiger partial charge on any atom is 0.416 e. The zero-order valence-corrected chi connectivity index (χ0v) is 23.4. The number of anilines is 1. The van der Waals surface area contributed by atoms with E-state index in [1.807, 2.05) is 0 Å². The fourth-order valence-electron chi connectivity index (χ4n) is 5.29. The van der Waals surface area contributed by atoms with Gasteiger partial charge < -0.3 is 21.1 Å². The Morgan fingerprint density at radius 1 is 1.00 bits per heavy atom. The molecule has 0 saturated carbocycles. The van der Waals surface area contributed by atoms with Crippen molar-refractivity contribution >= 4 is 17.6 Å². The Hall–Kier alpha value is -5.21. The van der Waals surface area contributed by atoms with Crippen molar-refractivity contribution in [3.05, 3.63) is 101 Å². The minimum absolute atomic E-state index is 0.0353. The van der Waals surface area contributed by atoms with E-state index in [1.165, 1.54) is 6.07 Å². The highest BCUT2D eigenvalue weighted by Crippen LogP contribution is 2.36. The zero-order chi connectivity index (χ0) is 31.4. The molecule has 0 aliphatic carbocycles. The van der Waals surface area contributed by atoms with Gasteiger partial charge in [0.25, 0.3) is 11.8 Å². The number of aromatic nitrogens is 1. The Labute approximate surface area is 251 Å². The molecule has 3 aromatic carbocycles. The monoisotopic (exact) mass is 599 g/mol. The average Bonchev–Trinajstić information content (AvgIpc) is 3.04. The van der Waals surface area contributed by atoms with Gasteiger partial charge in [-0.3, -0.25) is 9.59 Å². The first-order valence-corrected chi connectivity index (χ1v) is 13.9. The van der Waals surface area contributed by atoms with Crippen LogP contribution in [-0.4, -0.2) is 45.9 Å². The highest BCUT2D eigenvalue weighted by molar-refractivity contribution is 6.05. The number of para-hydroxylation sites is 1. The summed E-state index contributed by atoms with van der Waals surface area (Å²) in [6, 6.07) is 20.3. The molecular weight excluding hydrogens is 571 g/mol. The van der Waals surface area contributed by atoms with Gasteiger partial charge in [0.15, 0.2) is 5.82 Å². The number of phenolic OH excluding ortho intramolecular Hbond substituents is 1. The molecule has 1 unspecified atom stereocenters. The summed E-state index contributed by atoms with van der Waals surface area (Å²) in [5.41, 5.74) is 6.64. The first-order valence-electron chi connectivity index (χ1n) is 13.9. The van der Waals surface area contributed by atoms with E-state index in [0.29, 0.717) is 35.3 Å². The number of nitrogens with zero attached hydrogens (tertiary/aromatic N) is 3. The van der Waals surface area contributed by atoms with E-state index >= 15 is 0 Å². The van der Waals surface area contributed by atoms with Gasteiger partial charge in [-0.05, 0) is 79.4 Å². The Bertz CT molecular complexity index is 1750. The average molecular weight is 600 g/mol. The number of halogens is 3. The second kappa shape index (κ2) is 12.6. The standard InChI is InChI=1S/C33H28F3N5O3/c34-33(35,36)23-13-11-20(12-14-23)31(43)40-30-27(19-38)26(17-28(39-30)25-9-1-2-10-29(25)42)21-6-5-7-22(16-21)32(44)41-15-4-3-8-24(41)18-37/h1-2,5-7,9-14,16-17,24,42H,3-4,8,15,18,37H2,(H,39,40,43). The summed E-state index contributed by atoms with van der Waals surface area (Å²) in [5.74, 6) is -1.24. The van der Waals surface area contributed by atoms with Crippen LogP contribution in [0, 0.1) is 11.3 Å². The Morgan fingerprint density at radius 2 is 1.75 bits per heavy atom. The van der Waals surface area contributed by atoms with Crippen LogP contribution in [0.4, 0.5) is 19.0 Å². The van der Waals surface area contributed by atoms with Crippen molar-refractivity contribution in [3.63, 3.8) is 0 Å². The van der Waals surface area contributed by atoms with E-state index in [9.17, 15) is 33.1 Å². The number of likely N-dealkylation sites (tertiary alicyclic amines) is 1. The SMILES string of the molecule is N#Cc1c(-c2cccc(C(=O)N3CCCCC3CN)c2)cc(-c2ccccc2O)nc1NC(=O)c1ccc(C(F)(F)F)cc1. The van der Waals surface area contributed by atoms with E-state index in [4.69, 9.17) is 5.73 Å². The number of piperidine rings is 1. The third-order valence-electron chi connectivity index (χ3n) is 7.60. The van der Waals surface area contributed by atoms with Crippen molar-refractivity contribution in [2.24, 2.45) is 5.73 Å². The molecule has 1 saturated heterocycles. The fourth-order valence-corrected chi connectivity index (χ4v) is 5.29. The molecule has 2 heterocycles. The molecule has 0 bridgehead atoms. The molecule has 5 rings (SSSR count). The Balaban J connectivity index is 1.59. The number of rotatable bonds is 6. The fraction of sp³-hybridized carbons (Fsp3) is 0.212. The maximum absolute atomic E-state index is 13.5. The number of carbonyl (C=O) groups excluding carboxylic acids is 2. The van der Waals surface area contributed by atoms with E-state index in [0.717, 1.165) is 43.5 Å². The van der Waals surface area contributed by atoms with Crippen LogP contribution >= 0.6 is 0 Å². The maximum atomic E-state index is 13.5. The number of alkyl halides is 3. The van der Waals surface area contributed by atoms with Crippen LogP contribution in [0.2, 0.25) is 0 Å². The van der Waals surface area contributed by atoms with Gasteiger partial charge in [-0.15, -0.1) is 0 Å². The van der Waals surface area contributed by atoms with Gasteiger partial charge in [-0.1, -0.05) is 24.3 Å². The second-order valence-electron chi connectivity index (χ2n) is 10.4. The number of amides is 2. The lowest BCUT2D eigenvalue weighted by atomic mass is 9.95. The number of nitrogens with two attached hydrogens (primary N) is 1. The number of nitrogens with one attached hydrogen (secondary N) is 1. The summed E-state index contributed by atoms with van der Waals surface area (Å²) < 4.78 is 39.1. The number of phenols is 1. The Morgan fingerprint density at radius 3 is 2.43 bits per heavy atom. The summed E-state index contributed by atoms with van der Waals surface area (Å²) in [5, 5.41) is 23.3. The van der Waals surface area contributed by atoms with Crippen LogP contribution in [0.1, 0.15) is 51.1 Å². The van der Waals surface area contributed by atoms with Crippen molar-refractivity contribution in [2.75, 3.05) is 18.4 Å². The van der Waals surface area contributed by atoms with Crippen molar-refractivity contribution in [1.82, 2.24) is 9.88 Å². The van der Waals surface area contributed by atoms with Crippen molar-refractivity contribution in [3.8, 4) is 34.2 Å². The van der Waals surface area contributed by atoms with Gasteiger partial charge in [0.05, 0.1) is 11.3 Å². The number of hydrogen-bond donors (Lipinski definition) is 3. The molecule has 11 heteroatoms. The first kappa shape index (κ1) is 30.3. The number of pyridine rings is 1. The lowest BCUT2D eigenvalue weighted by molar-refractivity contribution is -0.137. The largest absolute Gasteiger partial charge is 0.507 e. The number of carbonyl (C=O) groups is 2. The molecule has 2 amide bonds. The van der Waals surface area contributed by atoms with Gasteiger partial charge >= 0.3 is 6.18 Å². The van der Waals surface area contributed by atoms with Crippen LogP contribution in [0.25, 0.3) is 22.4 Å². The number of nitriles is 1. The molecule has 1 fully saturated rings. The third-order valence-corrected chi connectivity index (χ3v) is 7.60. The molecule has 0 spiro atoms. The lowest BCUT2D eigenvalue weighted by Gasteiger charge is -2.35. The van der Waals surface area contributed by atoms with Crippen LogP contribution in [0.5, 0.6) is 5.75 Å². The molecular formula is C33H28F3N5O3. The van der Waals surface area contributed by atoms with E-state index < -0.39 is 17.6 Å². The van der Waals surface area contributed by atoms with Gasteiger partial charge in [-0.25, -0.2) is 4.98 Å². The highest BCUT2D eigenvalue weighted by Gasteiger charge is 2.30. The van der Waals surface area contributed by atoms with Crippen LogP contribution in [-0.2, 0) is 6.18 Å². The third kappa shape index (κ3) is 6.26. The summed E-state index contributed by atoms with van der Waals surface area (Å²) in [4.78, 5) is 32.9. The second-order valence-corrected chi connectivity index (χ2v) is 10.4. The zero-order valence-electron chi connectivity index (χ0n) is 23.4. The molecule has 4 N–H and O–H groups in total. The molecule has 1 aromatic heterocycles. The minimum atomic E-state index is -4.57. The van der Waals surface area contributed by atoms with E-state index in [-0.39, 0.29) is 40.3 Å². The molecule has 1 aliphatic heterocycles. The summed E-state index contributed by atoms with van der Waals surface area (Å²) in [6.07, 6.45) is -1.89. The van der Waals surface area contributed by atoms with E-state index in [2.05, 4.69) is 16.4 Å².